The van der Waals surface area contributed by atoms with Crippen molar-refractivity contribution in [3.05, 3.63) is 24.5 Å². The first-order chi connectivity index (χ1) is 8.20. The lowest BCUT2D eigenvalue weighted by molar-refractivity contribution is -0.120. The number of carbonyl (C=O) groups excluding carboxylic acids is 1. The summed E-state index contributed by atoms with van der Waals surface area (Å²) in [6.07, 6.45) is 3.84. The number of hydrogen-bond acceptors (Lipinski definition) is 4. The van der Waals surface area contributed by atoms with Crippen molar-refractivity contribution in [2.24, 2.45) is 5.73 Å². The third-order valence-electron chi connectivity index (χ3n) is 2.51. The molecule has 0 aliphatic rings. The van der Waals surface area contributed by atoms with Gasteiger partial charge < -0.3 is 15.4 Å². The SMILES string of the molecule is CCN(C(=O)C(N)CCOC)c1ccncc1. The number of carbonyl (C=O) groups is 1. The Morgan fingerprint density at radius 1 is 1.53 bits per heavy atom. The first kappa shape index (κ1) is 13.6. The number of rotatable bonds is 6. The van der Waals surface area contributed by atoms with E-state index in [0.29, 0.717) is 19.6 Å². The number of amides is 1. The summed E-state index contributed by atoms with van der Waals surface area (Å²) in [5, 5.41) is 0. The minimum atomic E-state index is -0.525. The zero-order valence-electron chi connectivity index (χ0n) is 10.3. The highest BCUT2D eigenvalue weighted by atomic mass is 16.5. The van der Waals surface area contributed by atoms with Crippen molar-refractivity contribution in [2.45, 2.75) is 19.4 Å². The minimum absolute atomic E-state index is 0.0873. The Morgan fingerprint density at radius 3 is 2.71 bits per heavy atom. The van der Waals surface area contributed by atoms with E-state index >= 15 is 0 Å². The highest BCUT2D eigenvalue weighted by molar-refractivity contribution is 5.96. The van der Waals surface area contributed by atoms with Gasteiger partial charge in [0, 0.05) is 38.3 Å². The largest absolute Gasteiger partial charge is 0.385 e. The first-order valence-corrected chi connectivity index (χ1v) is 5.66. The number of methoxy groups -OCH3 is 1. The lowest BCUT2D eigenvalue weighted by Crippen LogP contribution is -2.44. The van der Waals surface area contributed by atoms with Gasteiger partial charge in [0.05, 0.1) is 6.04 Å². The van der Waals surface area contributed by atoms with E-state index in [1.54, 1.807) is 36.5 Å². The molecule has 1 rings (SSSR count). The van der Waals surface area contributed by atoms with Gasteiger partial charge in [-0.3, -0.25) is 9.78 Å². The van der Waals surface area contributed by atoms with Crippen LogP contribution in [0.15, 0.2) is 24.5 Å². The summed E-state index contributed by atoms with van der Waals surface area (Å²) in [5.74, 6) is -0.0873. The van der Waals surface area contributed by atoms with Gasteiger partial charge in [0.25, 0.3) is 0 Å². The van der Waals surface area contributed by atoms with Crippen molar-refractivity contribution in [1.29, 1.82) is 0 Å². The number of nitrogens with two attached hydrogens (primary N) is 1. The summed E-state index contributed by atoms with van der Waals surface area (Å²) in [6.45, 7) is 2.99. The first-order valence-electron chi connectivity index (χ1n) is 5.66. The summed E-state index contributed by atoms with van der Waals surface area (Å²) >= 11 is 0. The van der Waals surface area contributed by atoms with E-state index in [1.165, 1.54) is 0 Å². The average Bonchev–Trinajstić information content (AvgIpc) is 2.38. The molecular formula is C12H19N3O2. The van der Waals surface area contributed by atoms with Crippen LogP contribution in [0.5, 0.6) is 0 Å². The average molecular weight is 237 g/mol. The highest BCUT2D eigenvalue weighted by Crippen LogP contribution is 2.13. The van der Waals surface area contributed by atoms with Crippen LogP contribution in [0.3, 0.4) is 0 Å². The Bertz CT molecular complexity index is 343. The summed E-state index contributed by atoms with van der Waals surface area (Å²) in [5.41, 5.74) is 6.65. The number of likely N-dealkylation sites (N-methyl/N-ethyl adjacent to an activating group) is 1. The molecule has 0 saturated carbocycles. The molecule has 1 heterocycles. The molecule has 0 spiro atoms. The van der Waals surface area contributed by atoms with Gasteiger partial charge in [-0.05, 0) is 25.5 Å². The van der Waals surface area contributed by atoms with Gasteiger partial charge in [0.1, 0.15) is 0 Å². The fourth-order valence-electron chi connectivity index (χ4n) is 1.56. The predicted octanol–water partition coefficient (Wildman–Crippen LogP) is 0.798. The van der Waals surface area contributed by atoms with Crippen molar-refractivity contribution in [1.82, 2.24) is 4.98 Å². The molecule has 0 bridgehead atoms. The standard InChI is InChI=1S/C12H19N3O2/c1-3-15(10-4-7-14-8-5-10)12(16)11(13)6-9-17-2/h4-5,7-8,11H,3,6,9,13H2,1-2H3. The molecule has 5 nitrogen and oxygen atoms in total. The lowest BCUT2D eigenvalue weighted by atomic mass is 10.2. The Balaban J connectivity index is 2.71. The molecule has 2 N–H and O–H groups in total. The third-order valence-corrected chi connectivity index (χ3v) is 2.51. The second-order valence-electron chi connectivity index (χ2n) is 3.68. The number of nitrogens with zero attached hydrogens (tertiary/aromatic N) is 2. The van der Waals surface area contributed by atoms with E-state index in [2.05, 4.69) is 4.98 Å². The molecule has 0 fully saturated rings. The van der Waals surface area contributed by atoms with Crippen molar-refractivity contribution < 1.29 is 9.53 Å². The molecule has 0 radical (unpaired) electrons. The topological polar surface area (TPSA) is 68.5 Å². The number of ether oxygens (including phenoxy) is 1. The van der Waals surface area contributed by atoms with Crippen LogP contribution in [0.1, 0.15) is 13.3 Å². The maximum atomic E-state index is 12.1. The Morgan fingerprint density at radius 2 is 2.18 bits per heavy atom. The molecule has 94 valence electrons. The highest BCUT2D eigenvalue weighted by Gasteiger charge is 2.20. The third kappa shape index (κ3) is 3.80. The molecule has 5 heteroatoms. The van der Waals surface area contributed by atoms with Crippen LogP contribution < -0.4 is 10.6 Å². The minimum Gasteiger partial charge on any atom is -0.385 e. The van der Waals surface area contributed by atoms with Crippen LogP contribution >= 0.6 is 0 Å². The van der Waals surface area contributed by atoms with Crippen LogP contribution in [-0.2, 0) is 9.53 Å². The molecular weight excluding hydrogens is 218 g/mol. The number of anilines is 1. The Labute approximate surface area is 102 Å². The molecule has 0 saturated heterocycles. The summed E-state index contributed by atoms with van der Waals surface area (Å²) < 4.78 is 4.92. The second-order valence-corrected chi connectivity index (χ2v) is 3.68. The van der Waals surface area contributed by atoms with E-state index < -0.39 is 6.04 Å². The quantitative estimate of drug-likeness (QED) is 0.794. The van der Waals surface area contributed by atoms with Crippen molar-refractivity contribution in [3.63, 3.8) is 0 Å². The summed E-state index contributed by atoms with van der Waals surface area (Å²) in [7, 11) is 1.59. The molecule has 0 aliphatic carbocycles. The van der Waals surface area contributed by atoms with Crippen molar-refractivity contribution in [2.75, 3.05) is 25.2 Å². The second kappa shape index (κ2) is 6.98. The number of pyridine rings is 1. The molecule has 1 aromatic rings. The smallest absolute Gasteiger partial charge is 0.243 e. The van der Waals surface area contributed by atoms with Crippen molar-refractivity contribution in [3.8, 4) is 0 Å². The zero-order chi connectivity index (χ0) is 12.7. The Kier molecular flexibility index (Phi) is 5.59. The maximum absolute atomic E-state index is 12.1. The van der Waals surface area contributed by atoms with E-state index in [0.717, 1.165) is 5.69 Å². The molecule has 0 aliphatic heterocycles. The van der Waals surface area contributed by atoms with Crippen LogP contribution in [0.4, 0.5) is 5.69 Å². The van der Waals surface area contributed by atoms with Crippen LogP contribution in [0, 0.1) is 0 Å². The van der Waals surface area contributed by atoms with Crippen LogP contribution in [-0.4, -0.2) is 37.2 Å². The van der Waals surface area contributed by atoms with Crippen molar-refractivity contribution >= 4 is 11.6 Å². The van der Waals surface area contributed by atoms with Gasteiger partial charge in [-0.15, -0.1) is 0 Å². The summed E-state index contributed by atoms with van der Waals surface area (Å²) in [6, 6.07) is 3.07. The summed E-state index contributed by atoms with van der Waals surface area (Å²) in [4.78, 5) is 17.7. The van der Waals surface area contributed by atoms with Gasteiger partial charge in [-0.1, -0.05) is 0 Å². The van der Waals surface area contributed by atoms with Gasteiger partial charge in [0.2, 0.25) is 5.91 Å². The van der Waals surface area contributed by atoms with E-state index in [4.69, 9.17) is 10.5 Å². The zero-order valence-corrected chi connectivity index (χ0v) is 10.3. The Hall–Kier alpha value is -1.46. The van der Waals surface area contributed by atoms with Gasteiger partial charge in [0.15, 0.2) is 0 Å². The fourth-order valence-corrected chi connectivity index (χ4v) is 1.56. The molecule has 1 unspecified atom stereocenters. The molecule has 1 amide bonds. The van der Waals surface area contributed by atoms with Gasteiger partial charge in [-0.2, -0.15) is 0 Å². The normalized spacial score (nSPS) is 12.2. The van der Waals surface area contributed by atoms with Crippen LogP contribution in [0.2, 0.25) is 0 Å². The lowest BCUT2D eigenvalue weighted by Gasteiger charge is -2.24. The predicted molar refractivity (Wildman–Crippen MR) is 66.7 cm³/mol. The molecule has 0 aromatic carbocycles. The van der Waals surface area contributed by atoms with Gasteiger partial charge in [-0.25, -0.2) is 0 Å². The van der Waals surface area contributed by atoms with Crippen LogP contribution in [0.25, 0.3) is 0 Å². The number of aromatic nitrogens is 1. The fraction of sp³-hybridized carbons (Fsp3) is 0.500. The molecule has 17 heavy (non-hydrogen) atoms. The molecule has 1 aromatic heterocycles. The maximum Gasteiger partial charge on any atom is 0.243 e. The van der Waals surface area contributed by atoms with Gasteiger partial charge >= 0.3 is 0 Å². The van der Waals surface area contributed by atoms with E-state index in [1.807, 2.05) is 6.92 Å². The molecule has 1 atom stereocenters. The van der Waals surface area contributed by atoms with E-state index in [9.17, 15) is 4.79 Å². The monoisotopic (exact) mass is 237 g/mol. The van der Waals surface area contributed by atoms with E-state index in [-0.39, 0.29) is 5.91 Å². The number of hydrogen-bond donors (Lipinski definition) is 1.